The lowest BCUT2D eigenvalue weighted by atomic mass is 10.2. The lowest BCUT2D eigenvalue weighted by molar-refractivity contribution is 0.471. The second-order valence-electron chi connectivity index (χ2n) is 4.58. The van der Waals surface area contributed by atoms with E-state index in [0.29, 0.717) is 0 Å². The summed E-state index contributed by atoms with van der Waals surface area (Å²) in [6.07, 6.45) is 0. The number of benzene rings is 1. The zero-order valence-corrected chi connectivity index (χ0v) is 11.8. The van der Waals surface area contributed by atoms with Crippen molar-refractivity contribution in [1.82, 2.24) is 0 Å². The third-order valence-corrected chi connectivity index (χ3v) is 4.31. The fraction of sp³-hybridized carbons (Fsp3) is 0. The molecule has 0 saturated heterocycles. The van der Waals surface area contributed by atoms with Crippen LogP contribution in [0, 0.1) is 0 Å². The second-order valence-corrected chi connectivity index (χ2v) is 5.67. The third-order valence-electron chi connectivity index (χ3n) is 3.13. The van der Waals surface area contributed by atoms with Gasteiger partial charge in [-0.05, 0) is 71.8 Å². The number of thiophene rings is 1. The molecule has 0 radical (unpaired) electrons. The first-order valence-electron chi connectivity index (χ1n) is 6.36. The molecule has 1 aromatic heterocycles. The summed E-state index contributed by atoms with van der Waals surface area (Å²) in [7, 11) is 0. The molecule has 0 saturated carbocycles. The average Bonchev–Trinajstić information content (AvgIpc) is 2.90. The fourth-order valence-electron chi connectivity index (χ4n) is 2.00. The number of aromatic hydroxyl groups is 2. The minimum Gasteiger partial charge on any atom is -0.508 e. The summed E-state index contributed by atoms with van der Waals surface area (Å²) < 4.78 is 0. The van der Waals surface area contributed by atoms with Crippen molar-refractivity contribution >= 4 is 11.3 Å². The predicted octanol–water partition coefficient (Wildman–Crippen LogP) is 3.85. The van der Waals surface area contributed by atoms with E-state index in [-0.39, 0.29) is 11.5 Å². The summed E-state index contributed by atoms with van der Waals surface area (Å²) >= 11 is 1.59. The second kappa shape index (κ2) is 5.42. The van der Waals surface area contributed by atoms with E-state index in [0.717, 1.165) is 20.9 Å². The highest BCUT2D eigenvalue weighted by atomic mass is 32.1. The largest absolute Gasteiger partial charge is 0.508 e. The van der Waals surface area contributed by atoms with E-state index in [1.54, 1.807) is 35.6 Å². The van der Waals surface area contributed by atoms with Crippen molar-refractivity contribution in [2.24, 2.45) is 0 Å². The molecule has 0 fully saturated rings. The highest BCUT2D eigenvalue weighted by Crippen LogP contribution is 2.34. The molecule has 0 spiro atoms. The summed E-state index contributed by atoms with van der Waals surface area (Å²) in [5, 5.41) is 18.7. The van der Waals surface area contributed by atoms with E-state index in [9.17, 15) is 15.0 Å². The van der Waals surface area contributed by atoms with Crippen LogP contribution in [0.15, 0.2) is 65.5 Å². The molecule has 104 valence electrons. The maximum Gasteiger partial charge on any atom is 0.220 e. The van der Waals surface area contributed by atoms with Crippen LogP contribution in [-0.2, 0) is 0 Å². The van der Waals surface area contributed by atoms with Crippen molar-refractivity contribution in [2.75, 3.05) is 0 Å². The molecular formula is C17H12O3S. The Morgan fingerprint density at radius 3 is 1.81 bits per heavy atom. The Bertz CT molecular complexity index is 835. The first-order chi connectivity index (χ1) is 10.1. The molecule has 0 unspecified atom stereocenters. The van der Waals surface area contributed by atoms with Crippen LogP contribution in [0.3, 0.4) is 0 Å². The summed E-state index contributed by atoms with van der Waals surface area (Å²) in [5.74, 6) is -0.0133. The zero-order valence-electron chi connectivity index (χ0n) is 11.0. The highest BCUT2D eigenvalue weighted by Gasteiger charge is 2.05. The van der Waals surface area contributed by atoms with Crippen molar-refractivity contribution in [1.29, 1.82) is 0 Å². The Labute approximate surface area is 125 Å². The smallest absolute Gasteiger partial charge is 0.220 e. The molecule has 0 atom stereocenters. The van der Waals surface area contributed by atoms with Gasteiger partial charge in [-0.25, -0.2) is 0 Å². The van der Waals surface area contributed by atoms with Crippen molar-refractivity contribution < 1.29 is 10.2 Å². The number of hydrogen-bond donors (Lipinski definition) is 2. The fourth-order valence-corrected chi connectivity index (χ4v) is 3.01. The van der Waals surface area contributed by atoms with Crippen molar-refractivity contribution in [3.8, 4) is 32.4 Å². The van der Waals surface area contributed by atoms with Crippen LogP contribution in [-0.4, -0.2) is 10.2 Å². The SMILES string of the molecule is O=c1ccc(-c2ccc(-c3ccc(O)cc3)s2)ccc1O. The van der Waals surface area contributed by atoms with Crippen LogP contribution in [0.25, 0.3) is 20.9 Å². The van der Waals surface area contributed by atoms with E-state index >= 15 is 0 Å². The van der Waals surface area contributed by atoms with E-state index in [1.165, 1.54) is 12.1 Å². The Balaban J connectivity index is 2.00. The van der Waals surface area contributed by atoms with Gasteiger partial charge in [0.25, 0.3) is 0 Å². The first-order valence-corrected chi connectivity index (χ1v) is 7.18. The van der Waals surface area contributed by atoms with Gasteiger partial charge in [0.05, 0.1) is 0 Å². The average molecular weight is 296 g/mol. The highest BCUT2D eigenvalue weighted by molar-refractivity contribution is 7.18. The maximum absolute atomic E-state index is 11.4. The number of phenols is 1. The monoisotopic (exact) mass is 296 g/mol. The van der Waals surface area contributed by atoms with Crippen LogP contribution in [0.2, 0.25) is 0 Å². The van der Waals surface area contributed by atoms with E-state index in [2.05, 4.69) is 0 Å². The molecule has 0 aliphatic heterocycles. The molecule has 1 heterocycles. The third kappa shape index (κ3) is 2.80. The lowest BCUT2D eigenvalue weighted by Crippen LogP contribution is -1.91. The van der Waals surface area contributed by atoms with Crippen LogP contribution in [0.4, 0.5) is 0 Å². The molecule has 3 nitrogen and oxygen atoms in total. The van der Waals surface area contributed by atoms with Crippen LogP contribution < -0.4 is 5.43 Å². The van der Waals surface area contributed by atoms with Gasteiger partial charge in [0, 0.05) is 9.75 Å². The van der Waals surface area contributed by atoms with Gasteiger partial charge in [0.2, 0.25) is 5.43 Å². The van der Waals surface area contributed by atoms with Gasteiger partial charge in [-0.1, -0.05) is 0 Å². The summed E-state index contributed by atoms with van der Waals surface area (Å²) in [4.78, 5) is 13.5. The standard InChI is InChI=1S/C17H12O3S/c18-13-5-1-11(2-6-13)16-9-10-17(21-16)12-3-7-14(19)15(20)8-4-12/h1-10,18H,(H,19,20). The van der Waals surface area contributed by atoms with Crippen molar-refractivity contribution in [3.63, 3.8) is 0 Å². The molecule has 0 amide bonds. The Kier molecular flexibility index (Phi) is 3.46. The quantitative estimate of drug-likeness (QED) is 0.755. The minimum absolute atomic E-state index is 0.240. The molecule has 4 heteroatoms. The predicted molar refractivity (Wildman–Crippen MR) is 84.8 cm³/mol. The van der Waals surface area contributed by atoms with Crippen molar-refractivity contribution in [3.05, 3.63) is 70.9 Å². The molecule has 0 bridgehead atoms. The van der Waals surface area contributed by atoms with E-state index < -0.39 is 5.43 Å². The Morgan fingerprint density at radius 2 is 1.19 bits per heavy atom. The van der Waals surface area contributed by atoms with Gasteiger partial charge < -0.3 is 10.2 Å². The van der Waals surface area contributed by atoms with Crippen LogP contribution in [0.5, 0.6) is 11.5 Å². The molecular weight excluding hydrogens is 284 g/mol. The van der Waals surface area contributed by atoms with Crippen molar-refractivity contribution in [2.45, 2.75) is 0 Å². The number of phenolic OH excluding ortho intramolecular Hbond substituents is 1. The molecule has 3 aromatic rings. The zero-order chi connectivity index (χ0) is 14.8. The van der Waals surface area contributed by atoms with Crippen LogP contribution >= 0.6 is 11.3 Å². The summed E-state index contributed by atoms with van der Waals surface area (Å²) in [6, 6.07) is 17.2. The topological polar surface area (TPSA) is 57.5 Å². The van der Waals surface area contributed by atoms with Gasteiger partial charge in [-0.2, -0.15) is 0 Å². The summed E-state index contributed by atoms with van der Waals surface area (Å²) in [6.45, 7) is 0. The molecule has 0 aliphatic rings. The normalized spacial score (nSPS) is 10.5. The van der Waals surface area contributed by atoms with Gasteiger partial charge in [-0.3, -0.25) is 4.79 Å². The minimum atomic E-state index is -0.392. The van der Waals surface area contributed by atoms with E-state index in [1.807, 2.05) is 24.3 Å². The number of hydrogen-bond acceptors (Lipinski definition) is 4. The van der Waals surface area contributed by atoms with Gasteiger partial charge in [-0.15, -0.1) is 11.3 Å². The van der Waals surface area contributed by atoms with Gasteiger partial charge in [0.1, 0.15) is 5.75 Å². The lowest BCUT2D eigenvalue weighted by Gasteiger charge is -1.97. The summed E-state index contributed by atoms with van der Waals surface area (Å²) in [5.41, 5.74) is 1.51. The molecule has 2 N–H and O–H groups in total. The molecule has 21 heavy (non-hydrogen) atoms. The maximum atomic E-state index is 11.4. The van der Waals surface area contributed by atoms with Gasteiger partial charge >= 0.3 is 0 Å². The molecule has 2 aromatic carbocycles. The van der Waals surface area contributed by atoms with Crippen LogP contribution in [0.1, 0.15) is 0 Å². The van der Waals surface area contributed by atoms with E-state index in [4.69, 9.17) is 0 Å². The number of rotatable bonds is 2. The van der Waals surface area contributed by atoms with Gasteiger partial charge in [0.15, 0.2) is 5.75 Å². The molecule has 0 aliphatic carbocycles. The Morgan fingerprint density at radius 1 is 0.667 bits per heavy atom. The Hall–Kier alpha value is -2.59. The first kappa shape index (κ1) is 13.4. The molecule has 3 rings (SSSR count).